The largest absolute Gasteiger partial charge is 0.381 e. The topological polar surface area (TPSA) is 64.3 Å². The summed E-state index contributed by atoms with van der Waals surface area (Å²) in [7, 11) is 0. The van der Waals surface area contributed by atoms with Gasteiger partial charge in [0.15, 0.2) is 0 Å². The van der Waals surface area contributed by atoms with Gasteiger partial charge in [-0.2, -0.15) is 0 Å². The molecule has 4 heteroatoms. The highest BCUT2D eigenvalue weighted by Crippen LogP contribution is 2.20. The Morgan fingerprint density at radius 3 is 2.67 bits per heavy atom. The van der Waals surface area contributed by atoms with Gasteiger partial charge >= 0.3 is 0 Å². The average Bonchev–Trinajstić information content (AvgIpc) is 2.38. The molecular formula is C14H28N2O2. The van der Waals surface area contributed by atoms with Crippen LogP contribution >= 0.6 is 0 Å². The van der Waals surface area contributed by atoms with Crippen LogP contribution in [0.3, 0.4) is 0 Å². The molecule has 1 saturated heterocycles. The van der Waals surface area contributed by atoms with E-state index in [0.717, 1.165) is 44.8 Å². The highest BCUT2D eigenvalue weighted by atomic mass is 16.5. The van der Waals surface area contributed by atoms with Crippen molar-refractivity contribution in [2.24, 2.45) is 17.1 Å². The van der Waals surface area contributed by atoms with Crippen LogP contribution in [0.15, 0.2) is 0 Å². The second kappa shape index (κ2) is 7.74. The lowest BCUT2D eigenvalue weighted by molar-refractivity contribution is -0.121. The van der Waals surface area contributed by atoms with Gasteiger partial charge in [0, 0.05) is 26.2 Å². The summed E-state index contributed by atoms with van der Waals surface area (Å²) in [4.78, 5) is 11.7. The predicted octanol–water partition coefficient (Wildman–Crippen LogP) is 1.68. The second-order valence-corrected chi connectivity index (χ2v) is 6.09. The molecule has 0 aromatic carbocycles. The number of nitrogens with one attached hydrogen (secondary N) is 1. The molecule has 0 saturated carbocycles. The molecule has 0 atom stereocenters. The molecule has 1 fully saturated rings. The van der Waals surface area contributed by atoms with E-state index in [1.165, 1.54) is 0 Å². The van der Waals surface area contributed by atoms with Gasteiger partial charge < -0.3 is 15.8 Å². The first-order chi connectivity index (χ1) is 8.53. The van der Waals surface area contributed by atoms with Crippen molar-refractivity contribution in [1.29, 1.82) is 0 Å². The van der Waals surface area contributed by atoms with Crippen molar-refractivity contribution >= 4 is 5.91 Å². The Labute approximate surface area is 111 Å². The lowest BCUT2D eigenvalue weighted by atomic mass is 9.93. The Morgan fingerprint density at radius 1 is 1.39 bits per heavy atom. The van der Waals surface area contributed by atoms with Crippen molar-refractivity contribution in [2.45, 2.75) is 46.0 Å². The summed E-state index contributed by atoms with van der Waals surface area (Å²) in [5.41, 5.74) is 5.62. The van der Waals surface area contributed by atoms with E-state index in [1.807, 2.05) is 0 Å². The third kappa shape index (κ3) is 6.36. The number of carbonyl (C=O) groups is 1. The van der Waals surface area contributed by atoms with E-state index >= 15 is 0 Å². The zero-order valence-electron chi connectivity index (χ0n) is 11.8. The summed E-state index contributed by atoms with van der Waals surface area (Å²) in [5, 5.41) is 2.97. The maximum absolute atomic E-state index is 11.7. The predicted molar refractivity (Wildman–Crippen MR) is 73.2 cm³/mol. The molecule has 0 aromatic rings. The number of hydrogen-bond donors (Lipinski definition) is 2. The normalized spacial score (nSPS) is 17.7. The molecule has 1 amide bonds. The molecule has 106 valence electrons. The van der Waals surface area contributed by atoms with Crippen LogP contribution in [-0.4, -0.2) is 32.2 Å². The van der Waals surface area contributed by atoms with Gasteiger partial charge in [0.1, 0.15) is 0 Å². The van der Waals surface area contributed by atoms with E-state index in [2.05, 4.69) is 19.2 Å². The summed E-state index contributed by atoms with van der Waals surface area (Å²) >= 11 is 0. The van der Waals surface area contributed by atoms with E-state index in [0.29, 0.717) is 19.5 Å². The standard InChI is InChI=1S/C14H28N2O2/c1-14(2,10-15)11-16-13(17)5-3-4-12-6-8-18-9-7-12/h12H,3-11,15H2,1-2H3,(H,16,17). The van der Waals surface area contributed by atoms with E-state index < -0.39 is 0 Å². The fourth-order valence-electron chi connectivity index (χ4n) is 2.08. The SMILES string of the molecule is CC(C)(CN)CNC(=O)CCCC1CCOCC1. The summed E-state index contributed by atoms with van der Waals surface area (Å²) in [5.74, 6) is 0.913. The molecule has 1 rings (SSSR count). The van der Waals surface area contributed by atoms with Crippen molar-refractivity contribution in [2.75, 3.05) is 26.3 Å². The number of carbonyl (C=O) groups excluding carboxylic acids is 1. The number of nitrogens with two attached hydrogens (primary N) is 1. The Balaban J connectivity index is 2.06. The molecule has 0 aliphatic carbocycles. The van der Waals surface area contributed by atoms with Gasteiger partial charge in [0.25, 0.3) is 0 Å². The third-order valence-corrected chi connectivity index (χ3v) is 3.67. The van der Waals surface area contributed by atoms with Crippen LogP contribution in [0.4, 0.5) is 0 Å². The second-order valence-electron chi connectivity index (χ2n) is 6.09. The first-order valence-corrected chi connectivity index (χ1v) is 7.08. The number of rotatable bonds is 7. The quantitative estimate of drug-likeness (QED) is 0.728. The number of ether oxygens (including phenoxy) is 1. The molecule has 4 nitrogen and oxygen atoms in total. The zero-order chi connectivity index (χ0) is 13.4. The van der Waals surface area contributed by atoms with Gasteiger partial charge in [-0.25, -0.2) is 0 Å². The van der Waals surface area contributed by atoms with Crippen molar-refractivity contribution in [3.05, 3.63) is 0 Å². The van der Waals surface area contributed by atoms with E-state index in [4.69, 9.17) is 10.5 Å². The van der Waals surface area contributed by atoms with Gasteiger partial charge in [-0.15, -0.1) is 0 Å². The maximum Gasteiger partial charge on any atom is 0.220 e. The molecule has 0 radical (unpaired) electrons. The van der Waals surface area contributed by atoms with Crippen LogP contribution in [0.1, 0.15) is 46.0 Å². The van der Waals surface area contributed by atoms with Crippen molar-refractivity contribution in [3.63, 3.8) is 0 Å². The van der Waals surface area contributed by atoms with Crippen LogP contribution in [-0.2, 0) is 9.53 Å². The van der Waals surface area contributed by atoms with E-state index in [1.54, 1.807) is 0 Å². The molecule has 0 aromatic heterocycles. The van der Waals surface area contributed by atoms with Gasteiger partial charge in [-0.3, -0.25) is 4.79 Å². The molecule has 1 aliphatic rings. The molecule has 1 heterocycles. The first-order valence-electron chi connectivity index (χ1n) is 7.08. The Kier molecular flexibility index (Phi) is 6.65. The Morgan fingerprint density at radius 2 is 2.06 bits per heavy atom. The van der Waals surface area contributed by atoms with Crippen LogP contribution in [0.5, 0.6) is 0 Å². The summed E-state index contributed by atoms with van der Waals surface area (Å²) < 4.78 is 5.32. The Bertz CT molecular complexity index is 248. The fraction of sp³-hybridized carbons (Fsp3) is 0.929. The molecule has 1 aliphatic heterocycles. The minimum Gasteiger partial charge on any atom is -0.381 e. The molecular weight excluding hydrogens is 228 g/mol. The summed E-state index contributed by atoms with van der Waals surface area (Å²) in [6, 6.07) is 0. The highest BCUT2D eigenvalue weighted by molar-refractivity contribution is 5.75. The van der Waals surface area contributed by atoms with Gasteiger partial charge in [0.05, 0.1) is 0 Å². The lowest BCUT2D eigenvalue weighted by Gasteiger charge is -2.23. The third-order valence-electron chi connectivity index (χ3n) is 3.67. The lowest BCUT2D eigenvalue weighted by Crippen LogP contribution is -2.38. The zero-order valence-corrected chi connectivity index (χ0v) is 11.8. The molecule has 0 spiro atoms. The van der Waals surface area contributed by atoms with Crippen LogP contribution < -0.4 is 11.1 Å². The molecule has 3 N–H and O–H groups in total. The first kappa shape index (κ1) is 15.4. The highest BCUT2D eigenvalue weighted by Gasteiger charge is 2.17. The average molecular weight is 256 g/mol. The monoisotopic (exact) mass is 256 g/mol. The Hall–Kier alpha value is -0.610. The number of amides is 1. The van der Waals surface area contributed by atoms with Gasteiger partial charge in [0.2, 0.25) is 5.91 Å². The molecule has 18 heavy (non-hydrogen) atoms. The van der Waals surface area contributed by atoms with Crippen molar-refractivity contribution in [3.8, 4) is 0 Å². The minimum atomic E-state index is -0.00360. The fourth-order valence-corrected chi connectivity index (χ4v) is 2.08. The van der Waals surface area contributed by atoms with Gasteiger partial charge in [-0.1, -0.05) is 13.8 Å². The maximum atomic E-state index is 11.7. The van der Waals surface area contributed by atoms with Gasteiger partial charge in [-0.05, 0) is 43.6 Å². The number of hydrogen-bond acceptors (Lipinski definition) is 3. The van der Waals surface area contributed by atoms with Crippen molar-refractivity contribution in [1.82, 2.24) is 5.32 Å². The minimum absolute atomic E-state index is 0.00360. The summed E-state index contributed by atoms with van der Waals surface area (Å²) in [6.45, 7) is 7.17. The smallest absolute Gasteiger partial charge is 0.220 e. The van der Waals surface area contributed by atoms with Crippen LogP contribution in [0.2, 0.25) is 0 Å². The van der Waals surface area contributed by atoms with E-state index in [9.17, 15) is 4.79 Å². The van der Waals surface area contributed by atoms with Crippen LogP contribution in [0, 0.1) is 11.3 Å². The van der Waals surface area contributed by atoms with Crippen molar-refractivity contribution < 1.29 is 9.53 Å². The summed E-state index contributed by atoms with van der Waals surface area (Å²) in [6.07, 6.45) is 5.08. The van der Waals surface area contributed by atoms with E-state index in [-0.39, 0.29) is 11.3 Å². The molecule has 0 bridgehead atoms. The molecule has 0 unspecified atom stereocenters. The van der Waals surface area contributed by atoms with Crippen LogP contribution in [0.25, 0.3) is 0 Å².